The number of aromatic nitrogens is 2. The summed E-state index contributed by atoms with van der Waals surface area (Å²) in [5, 5.41) is 11.2. The van der Waals surface area contributed by atoms with Crippen molar-refractivity contribution in [2.45, 2.75) is 25.7 Å². The van der Waals surface area contributed by atoms with E-state index in [-0.39, 0.29) is 17.6 Å². The minimum absolute atomic E-state index is 0.0676. The van der Waals surface area contributed by atoms with E-state index in [9.17, 15) is 9.18 Å². The number of hydrogen-bond donors (Lipinski definition) is 1. The quantitative estimate of drug-likeness (QED) is 0.615. The Hall–Kier alpha value is -3.26. The molecule has 1 fully saturated rings. The van der Waals surface area contributed by atoms with E-state index in [0.29, 0.717) is 41.9 Å². The maximum absolute atomic E-state index is 13.1. The first kappa shape index (κ1) is 21.0. The first-order valence-electron chi connectivity index (χ1n) is 10.5. The number of nitrogens with zero attached hydrogens (tertiary/aromatic N) is 3. The molecule has 31 heavy (non-hydrogen) atoms. The van der Waals surface area contributed by atoms with Crippen LogP contribution in [0.1, 0.15) is 31.6 Å². The summed E-state index contributed by atoms with van der Waals surface area (Å²) in [6, 6.07) is 13.4. The van der Waals surface area contributed by atoms with E-state index in [4.69, 9.17) is 9.15 Å². The smallest absolute Gasteiger partial charge is 0.247 e. The topological polar surface area (TPSA) is 80.5 Å². The molecule has 0 aliphatic carbocycles. The molecule has 0 atom stereocenters. The Morgan fingerprint density at radius 2 is 1.90 bits per heavy atom. The molecule has 4 rings (SSSR count). The zero-order chi connectivity index (χ0) is 21.6. The van der Waals surface area contributed by atoms with Gasteiger partial charge in [-0.3, -0.25) is 9.69 Å². The van der Waals surface area contributed by atoms with Crippen molar-refractivity contribution < 1.29 is 18.3 Å². The van der Waals surface area contributed by atoms with Crippen molar-refractivity contribution >= 4 is 11.6 Å². The van der Waals surface area contributed by atoms with Crippen LogP contribution in [0.3, 0.4) is 0 Å². The molecule has 1 N–H and O–H groups in total. The summed E-state index contributed by atoms with van der Waals surface area (Å²) in [4.78, 5) is 14.6. The monoisotopic (exact) mass is 424 g/mol. The van der Waals surface area contributed by atoms with Crippen molar-refractivity contribution in [3.8, 4) is 17.2 Å². The van der Waals surface area contributed by atoms with Crippen LogP contribution in [0.2, 0.25) is 0 Å². The lowest BCUT2D eigenvalue weighted by Crippen LogP contribution is -2.38. The fraction of sp³-hybridized carbons (Fsp3) is 0.348. The van der Waals surface area contributed by atoms with Gasteiger partial charge in [0, 0.05) is 11.5 Å². The van der Waals surface area contributed by atoms with E-state index in [0.717, 1.165) is 25.9 Å². The van der Waals surface area contributed by atoms with Gasteiger partial charge in [-0.1, -0.05) is 12.1 Å². The van der Waals surface area contributed by atoms with Crippen LogP contribution in [0.4, 0.5) is 10.1 Å². The van der Waals surface area contributed by atoms with Crippen LogP contribution in [0.15, 0.2) is 52.9 Å². The van der Waals surface area contributed by atoms with Crippen LogP contribution in [0, 0.1) is 5.82 Å². The van der Waals surface area contributed by atoms with Gasteiger partial charge < -0.3 is 14.5 Å². The van der Waals surface area contributed by atoms with Crippen molar-refractivity contribution in [2.24, 2.45) is 0 Å². The molecule has 0 spiro atoms. The molecule has 2 heterocycles. The minimum Gasteiger partial charge on any atom is -0.492 e. The number of para-hydroxylation sites is 2. The number of rotatable bonds is 7. The maximum atomic E-state index is 13.1. The van der Waals surface area contributed by atoms with Gasteiger partial charge in [-0.25, -0.2) is 4.39 Å². The summed E-state index contributed by atoms with van der Waals surface area (Å²) in [5.74, 6) is 1.44. The normalized spacial score (nSPS) is 15.0. The number of halogens is 1. The summed E-state index contributed by atoms with van der Waals surface area (Å²) in [5.41, 5.74) is 1.38. The van der Waals surface area contributed by atoms with Crippen molar-refractivity contribution in [3.05, 3.63) is 60.2 Å². The fourth-order valence-electron chi connectivity index (χ4n) is 3.69. The number of anilines is 1. The van der Waals surface area contributed by atoms with Crippen LogP contribution in [-0.4, -0.2) is 47.2 Å². The molecule has 3 aromatic rings. The van der Waals surface area contributed by atoms with E-state index in [1.165, 1.54) is 12.1 Å². The minimum atomic E-state index is -0.304. The molecule has 0 unspecified atom stereocenters. The van der Waals surface area contributed by atoms with Gasteiger partial charge in [0.2, 0.25) is 17.7 Å². The highest BCUT2D eigenvalue weighted by atomic mass is 19.1. The standard InChI is InChI=1S/C23H25FN4O3/c1-2-30-20-6-4-3-5-19(20)25-21(29)15-28-13-11-17(12-14-28)23-27-26-22(31-23)16-7-9-18(24)10-8-16/h3-10,17H,2,11-15H2,1H3,(H,25,29). The first-order valence-corrected chi connectivity index (χ1v) is 10.5. The molecule has 2 aromatic carbocycles. The molecule has 1 aliphatic rings. The zero-order valence-electron chi connectivity index (χ0n) is 17.4. The first-order chi connectivity index (χ1) is 15.1. The average Bonchev–Trinajstić information content (AvgIpc) is 3.26. The molecular weight excluding hydrogens is 399 g/mol. The van der Waals surface area contributed by atoms with Gasteiger partial charge in [0.05, 0.1) is 18.8 Å². The van der Waals surface area contributed by atoms with Crippen LogP contribution < -0.4 is 10.1 Å². The van der Waals surface area contributed by atoms with E-state index >= 15 is 0 Å². The van der Waals surface area contributed by atoms with Crippen LogP contribution in [0.5, 0.6) is 5.75 Å². The number of piperidine rings is 1. The Morgan fingerprint density at radius 1 is 1.16 bits per heavy atom. The molecule has 1 aromatic heterocycles. The van der Waals surface area contributed by atoms with E-state index in [1.54, 1.807) is 12.1 Å². The number of carbonyl (C=O) groups excluding carboxylic acids is 1. The van der Waals surface area contributed by atoms with E-state index in [1.807, 2.05) is 31.2 Å². The predicted octanol–water partition coefficient (Wildman–Crippen LogP) is 4.09. The lowest BCUT2D eigenvalue weighted by Gasteiger charge is -2.29. The second-order valence-corrected chi connectivity index (χ2v) is 7.48. The number of hydrogen-bond acceptors (Lipinski definition) is 6. The Balaban J connectivity index is 1.29. The van der Waals surface area contributed by atoms with Crippen molar-refractivity contribution in [1.82, 2.24) is 15.1 Å². The highest BCUT2D eigenvalue weighted by molar-refractivity contribution is 5.93. The van der Waals surface area contributed by atoms with Gasteiger partial charge in [0.1, 0.15) is 11.6 Å². The molecule has 1 saturated heterocycles. The third kappa shape index (κ3) is 5.27. The number of ether oxygens (including phenoxy) is 1. The summed E-state index contributed by atoms with van der Waals surface area (Å²) < 4.78 is 24.5. The van der Waals surface area contributed by atoms with Gasteiger partial charge >= 0.3 is 0 Å². The third-order valence-electron chi connectivity index (χ3n) is 5.30. The Kier molecular flexibility index (Phi) is 6.57. The molecule has 8 heteroatoms. The SMILES string of the molecule is CCOc1ccccc1NC(=O)CN1CCC(c2nnc(-c3ccc(F)cc3)o2)CC1. The van der Waals surface area contributed by atoms with Gasteiger partial charge in [0.15, 0.2) is 0 Å². The van der Waals surface area contributed by atoms with Crippen LogP contribution >= 0.6 is 0 Å². The molecule has 0 bridgehead atoms. The van der Waals surface area contributed by atoms with Gasteiger partial charge in [-0.15, -0.1) is 10.2 Å². The zero-order valence-corrected chi connectivity index (χ0v) is 17.4. The van der Waals surface area contributed by atoms with Crippen LogP contribution in [0.25, 0.3) is 11.5 Å². The second-order valence-electron chi connectivity index (χ2n) is 7.48. The van der Waals surface area contributed by atoms with Crippen molar-refractivity contribution in [3.63, 3.8) is 0 Å². The molecule has 1 amide bonds. The number of nitrogens with one attached hydrogen (secondary N) is 1. The molecular formula is C23H25FN4O3. The molecule has 0 saturated carbocycles. The van der Waals surface area contributed by atoms with Gasteiger partial charge in [-0.05, 0) is 69.3 Å². The second kappa shape index (κ2) is 9.70. The Bertz CT molecular complexity index is 1010. The Morgan fingerprint density at radius 3 is 2.65 bits per heavy atom. The maximum Gasteiger partial charge on any atom is 0.247 e. The summed E-state index contributed by atoms with van der Waals surface area (Å²) >= 11 is 0. The third-order valence-corrected chi connectivity index (χ3v) is 5.30. The largest absolute Gasteiger partial charge is 0.492 e. The van der Waals surface area contributed by atoms with Crippen LogP contribution in [-0.2, 0) is 4.79 Å². The summed E-state index contributed by atoms with van der Waals surface area (Å²) in [7, 11) is 0. The summed E-state index contributed by atoms with van der Waals surface area (Å²) in [6.45, 7) is 4.30. The summed E-state index contributed by atoms with van der Waals surface area (Å²) in [6.07, 6.45) is 1.65. The number of carbonyl (C=O) groups is 1. The van der Waals surface area contributed by atoms with Crippen molar-refractivity contribution in [2.75, 3.05) is 31.6 Å². The predicted molar refractivity (Wildman–Crippen MR) is 114 cm³/mol. The number of likely N-dealkylation sites (tertiary alicyclic amines) is 1. The van der Waals surface area contributed by atoms with E-state index < -0.39 is 0 Å². The molecule has 1 aliphatic heterocycles. The van der Waals surface area contributed by atoms with Crippen molar-refractivity contribution in [1.29, 1.82) is 0 Å². The Labute approximate surface area is 180 Å². The molecule has 7 nitrogen and oxygen atoms in total. The molecule has 162 valence electrons. The van der Waals surface area contributed by atoms with E-state index in [2.05, 4.69) is 20.4 Å². The lowest BCUT2D eigenvalue weighted by molar-refractivity contribution is -0.117. The molecule has 0 radical (unpaired) electrons. The highest BCUT2D eigenvalue weighted by Crippen LogP contribution is 2.29. The average molecular weight is 424 g/mol. The number of amides is 1. The number of benzene rings is 2. The highest BCUT2D eigenvalue weighted by Gasteiger charge is 2.26. The lowest BCUT2D eigenvalue weighted by atomic mass is 9.97. The van der Waals surface area contributed by atoms with Gasteiger partial charge in [-0.2, -0.15) is 0 Å². The van der Waals surface area contributed by atoms with Gasteiger partial charge in [0.25, 0.3) is 0 Å². The fourth-order valence-corrected chi connectivity index (χ4v) is 3.69.